The number of fused-ring (bicyclic) bond motifs is 1. The van der Waals surface area contributed by atoms with Gasteiger partial charge in [-0.3, -0.25) is 14.5 Å². The number of rotatable bonds is 7. The third-order valence-corrected chi connectivity index (χ3v) is 7.86. The lowest BCUT2D eigenvalue weighted by molar-refractivity contribution is 0.0374. The Bertz CT molecular complexity index is 1070. The molecule has 3 N–H and O–H groups in total. The summed E-state index contributed by atoms with van der Waals surface area (Å²) in [5.74, 6) is -0.835. The summed E-state index contributed by atoms with van der Waals surface area (Å²) in [6.07, 6.45) is 1.39. The Morgan fingerprint density at radius 3 is 2.82 bits per heavy atom. The maximum absolute atomic E-state index is 14.6. The van der Waals surface area contributed by atoms with Gasteiger partial charge in [-0.1, -0.05) is 13.8 Å². The van der Waals surface area contributed by atoms with E-state index in [4.69, 9.17) is 4.74 Å². The molecule has 3 heterocycles. The average molecular weight is 600 g/mol. The van der Waals surface area contributed by atoms with Crippen molar-refractivity contribution in [3.05, 3.63) is 43.6 Å². The van der Waals surface area contributed by atoms with Crippen LogP contribution >= 0.6 is 33.9 Å². The molecule has 2 aromatic rings. The summed E-state index contributed by atoms with van der Waals surface area (Å²) in [7, 11) is 0. The second kappa shape index (κ2) is 10.9. The molecule has 7 nitrogen and oxygen atoms in total. The standard InChI is InChI=1S/C24H30FIN4O3S/c1-24(2)13-16-19(21(31)27-6-3-7-30-8-10-33-11-9-30)23(34-20(16)22(32)28-14-24)29-18-5-4-15(26)12-17(18)25/h4-5,12,29H,3,6-11,13-14H2,1-2H3,(H,27,31)(H,28,32). The number of carbonyl (C=O) groups is 2. The van der Waals surface area contributed by atoms with Crippen molar-refractivity contribution in [3.8, 4) is 0 Å². The minimum Gasteiger partial charge on any atom is -0.379 e. The van der Waals surface area contributed by atoms with Gasteiger partial charge in [0.2, 0.25) is 0 Å². The third-order valence-electron chi connectivity index (χ3n) is 6.04. The topological polar surface area (TPSA) is 82.7 Å². The molecule has 0 aliphatic carbocycles. The van der Waals surface area contributed by atoms with Crippen molar-refractivity contribution in [3.63, 3.8) is 0 Å². The minimum atomic E-state index is -0.405. The van der Waals surface area contributed by atoms with E-state index < -0.39 is 5.82 Å². The molecule has 34 heavy (non-hydrogen) atoms. The number of thiophene rings is 1. The van der Waals surface area contributed by atoms with Gasteiger partial charge in [-0.25, -0.2) is 4.39 Å². The fourth-order valence-corrected chi connectivity index (χ4v) is 5.82. The smallest absolute Gasteiger partial charge is 0.261 e. The molecule has 0 unspecified atom stereocenters. The maximum atomic E-state index is 14.6. The largest absolute Gasteiger partial charge is 0.379 e. The highest BCUT2D eigenvalue weighted by molar-refractivity contribution is 14.1. The number of halogens is 2. The summed E-state index contributed by atoms with van der Waals surface area (Å²) in [4.78, 5) is 29.1. The van der Waals surface area contributed by atoms with E-state index in [1.54, 1.807) is 12.1 Å². The zero-order valence-corrected chi connectivity index (χ0v) is 22.4. The van der Waals surface area contributed by atoms with Crippen LogP contribution in [0.5, 0.6) is 0 Å². The molecule has 2 aliphatic rings. The normalized spacial score (nSPS) is 18.1. The van der Waals surface area contributed by atoms with Crippen molar-refractivity contribution in [1.82, 2.24) is 15.5 Å². The fourth-order valence-electron chi connectivity index (χ4n) is 4.22. The highest BCUT2D eigenvalue weighted by atomic mass is 127. The van der Waals surface area contributed by atoms with E-state index in [1.165, 1.54) is 17.4 Å². The molecule has 0 spiro atoms. The van der Waals surface area contributed by atoms with Crippen LogP contribution in [0.15, 0.2) is 18.2 Å². The van der Waals surface area contributed by atoms with Gasteiger partial charge in [-0.05, 0) is 71.2 Å². The molecule has 1 aromatic carbocycles. The summed E-state index contributed by atoms with van der Waals surface area (Å²) in [6.45, 7) is 9.38. The van der Waals surface area contributed by atoms with E-state index in [-0.39, 0.29) is 22.9 Å². The lowest BCUT2D eigenvalue weighted by Gasteiger charge is -2.26. The Morgan fingerprint density at radius 1 is 1.32 bits per heavy atom. The highest BCUT2D eigenvalue weighted by Crippen LogP contribution is 2.40. The predicted molar refractivity (Wildman–Crippen MR) is 141 cm³/mol. The van der Waals surface area contributed by atoms with Crippen LogP contribution in [-0.4, -0.2) is 62.7 Å². The molecule has 0 radical (unpaired) electrons. The lowest BCUT2D eigenvalue weighted by Crippen LogP contribution is -2.38. The molecule has 1 saturated heterocycles. The molecule has 0 bridgehead atoms. The summed E-state index contributed by atoms with van der Waals surface area (Å²) in [5, 5.41) is 9.58. The minimum absolute atomic E-state index is 0.192. The molecule has 4 rings (SSSR count). The van der Waals surface area contributed by atoms with Crippen molar-refractivity contribution in [2.75, 3.05) is 51.3 Å². The van der Waals surface area contributed by atoms with Crippen LogP contribution in [0.25, 0.3) is 0 Å². The summed E-state index contributed by atoms with van der Waals surface area (Å²) >= 11 is 3.26. The van der Waals surface area contributed by atoms with Crippen LogP contribution in [0.1, 0.15) is 45.9 Å². The Hall–Kier alpha value is -1.76. The third kappa shape index (κ3) is 6.07. The monoisotopic (exact) mass is 600 g/mol. The number of ether oxygens (including phenoxy) is 1. The number of benzene rings is 1. The molecule has 2 aliphatic heterocycles. The first-order valence-corrected chi connectivity index (χ1v) is 13.4. The quantitative estimate of drug-likeness (QED) is 0.331. The Labute approximate surface area is 216 Å². The molecule has 184 valence electrons. The predicted octanol–water partition coefficient (Wildman–Crippen LogP) is 4.00. The zero-order chi connectivity index (χ0) is 24.3. The van der Waals surface area contributed by atoms with Crippen LogP contribution in [-0.2, 0) is 11.2 Å². The van der Waals surface area contributed by atoms with Gasteiger partial charge in [0.15, 0.2) is 0 Å². The van der Waals surface area contributed by atoms with Crippen LogP contribution in [0.4, 0.5) is 15.1 Å². The number of nitrogens with one attached hydrogen (secondary N) is 3. The molecule has 1 fully saturated rings. The summed E-state index contributed by atoms with van der Waals surface area (Å²) < 4.78 is 20.7. The van der Waals surface area contributed by atoms with Gasteiger partial charge in [0.1, 0.15) is 10.8 Å². The van der Waals surface area contributed by atoms with Crippen LogP contribution in [0.2, 0.25) is 0 Å². The van der Waals surface area contributed by atoms with Gasteiger partial charge < -0.3 is 20.7 Å². The van der Waals surface area contributed by atoms with E-state index in [2.05, 4.69) is 57.3 Å². The van der Waals surface area contributed by atoms with Crippen molar-refractivity contribution >= 4 is 56.4 Å². The fraction of sp³-hybridized carbons (Fsp3) is 0.500. The zero-order valence-electron chi connectivity index (χ0n) is 19.4. The summed E-state index contributed by atoms with van der Waals surface area (Å²) in [6, 6.07) is 4.88. The Balaban J connectivity index is 1.57. The molecular formula is C24H30FIN4O3S. The van der Waals surface area contributed by atoms with E-state index >= 15 is 0 Å². The first-order valence-electron chi connectivity index (χ1n) is 11.5. The number of hydrogen-bond acceptors (Lipinski definition) is 6. The van der Waals surface area contributed by atoms with Crippen molar-refractivity contribution in [1.29, 1.82) is 0 Å². The van der Waals surface area contributed by atoms with Crippen LogP contribution in [0, 0.1) is 14.8 Å². The van der Waals surface area contributed by atoms with E-state index in [0.717, 1.165) is 48.4 Å². The number of morpholine rings is 1. The number of hydrogen-bond donors (Lipinski definition) is 3. The van der Waals surface area contributed by atoms with Gasteiger partial charge >= 0.3 is 0 Å². The number of amides is 2. The van der Waals surface area contributed by atoms with Crippen molar-refractivity contribution in [2.24, 2.45) is 5.41 Å². The number of carbonyl (C=O) groups excluding carboxylic acids is 2. The van der Waals surface area contributed by atoms with Gasteiger partial charge in [0, 0.05) is 29.7 Å². The maximum Gasteiger partial charge on any atom is 0.261 e. The molecule has 0 atom stereocenters. The first-order chi connectivity index (χ1) is 16.2. The molecule has 2 amide bonds. The van der Waals surface area contributed by atoms with Gasteiger partial charge in [-0.15, -0.1) is 11.3 Å². The average Bonchev–Trinajstić information content (AvgIpc) is 3.09. The lowest BCUT2D eigenvalue weighted by atomic mass is 9.85. The molecular weight excluding hydrogens is 570 g/mol. The van der Waals surface area contributed by atoms with Crippen molar-refractivity contribution in [2.45, 2.75) is 26.7 Å². The van der Waals surface area contributed by atoms with Gasteiger partial charge in [-0.2, -0.15) is 0 Å². The van der Waals surface area contributed by atoms with Crippen molar-refractivity contribution < 1.29 is 18.7 Å². The number of anilines is 2. The second-order valence-electron chi connectivity index (χ2n) is 9.45. The first kappa shape index (κ1) is 25.3. The van der Waals surface area contributed by atoms with E-state index in [0.29, 0.717) is 35.0 Å². The van der Waals surface area contributed by atoms with Gasteiger partial charge in [0.25, 0.3) is 11.8 Å². The summed E-state index contributed by atoms with van der Waals surface area (Å²) in [5.41, 5.74) is 1.23. The Morgan fingerprint density at radius 2 is 2.09 bits per heavy atom. The van der Waals surface area contributed by atoms with Crippen LogP contribution < -0.4 is 16.0 Å². The SMILES string of the molecule is CC1(C)CNC(=O)c2sc(Nc3ccc(I)cc3F)c(C(=O)NCCCN3CCOCC3)c2C1. The number of nitrogens with zero attached hydrogens (tertiary/aromatic N) is 1. The highest BCUT2D eigenvalue weighted by Gasteiger charge is 2.34. The van der Waals surface area contributed by atoms with Gasteiger partial charge in [0.05, 0.1) is 29.3 Å². The van der Waals surface area contributed by atoms with Crippen LogP contribution in [0.3, 0.4) is 0 Å². The van der Waals surface area contributed by atoms with E-state index in [9.17, 15) is 14.0 Å². The second-order valence-corrected chi connectivity index (χ2v) is 11.7. The molecule has 10 heteroatoms. The Kier molecular flexibility index (Phi) is 8.11. The molecule has 0 saturated carbocycles. The molecule has 1 aromatic heterocycles. The van der Waals surface area contributed by atoms with E-state index in [1.807, 2.05) is 0 Å².